The van der Waals surface area contributed by atoms with Crippen LogP contribution in [0.1, 0.15) is 104 Å². The molecule has 4 atom stereocenters. The normalized spacial score (nSPS) is 18.1. The highest BCUT2D eigenvalue weighted by atomic mass is 16.5. The average molecular weight is 811 g/mol. The SMILES string of the molecule is COC(=O)N[C@H](C(=O)N1CCC[C@H]1c1nc2c([nH]1)-c1ccc(C#Cc3ccc4nc([C@@H]5CCCN5C(=O)[C@H](NC(=O)OC)c5ccccc5)[nH]c4c3)cc1CCC2)C(C)C. The monoisotopic (exact) mass is 810 g/mol. The number of H-pyrrole nitrogens is 2. The van der Waals surface area contributed by atoms with E-state index in [-0.39, 0.29) is 29.8 Å². The summed E-state index contributed by atoms with van der Waals surface area (Å²) in [5, 5.41) is 5.44. The largest absolute Gasteiger partial charge is 0.453 e. The van der Waals surface area contributed by atoms with Crippen LogP contribution in [0.4, 0.5) is 9.59 Å². The number of aromatic amines is 2. The molecule has 3 aliphatic rings. The number of aromatic nitrogens is 4. The molecule has 0 saturated carbocycles. The number of fused-ring (bicyclic) bond motifs is 4. The summed E-state index contributed by atoms with van der Waals surface area (Å²) in [6.07, 6.45) is 4.54. The van der Waals surface area contributed by atoms with Crippen molar-refractivity contribution in [3.8, 4) is 23.1 Å². The number of alkyl carbamates (subject to hydrolysis) is 2. The molecule has 2 aromatic heterocycles. The number of nitrogens with zero attached hydrogens (tertiary/aromatic N) is 4. The standard InChI is InChI=1S/C46H50N8O6/c1-27(2)38(51-45(57)59-3)43(55)53-23-10-16-37(53)42-48-34-14-8-13-31-25-28(19-21-32(31)40(34)50-42)17-18-29-20-22-33-35(26-29)49-41(47-33)36-15-9-24-54(36)44(56)39(52-46(58)60-4)30-11-6-5-7-12-30/h5-7,11-12,19-22,25-27,36-39H,8-10,13-16,23-24H2,1-4H3,(H,47,49)(H,48,50)(H,51,57)(H,52,58)/t36-,37-,38-,39+/m0/s1. The molecule has 8 rings (SSSR count). The van der Waals surface area contributed by atoms with E-state index in [0.717, 1.165) is 89.9 Å². The molecule has 14 nitrogen and oxygen atoms in total. The van der Waals surface area contributed by atoms with Crippen LogP contribution in [0.25, 0.3) is 22.3 Å². The molecule has 4 heterocycles. The maximum absolute atomic E-state index is 14.0. The Morgan fingerprint density at radius 2 is 1.40 bits per heavy atom. The maximum Gasteiger partial charge on any atom is 0.407 e. The van der Waals surface area contributed by atoms with Gasteiger partial charge < -0.3 is 39.9 Å². The van der Waals surface area contributed by atoms with Crippen LogP contribution in [0.15, 0.2) is 66.7 Å². The number of carbonyl (C=O) groups is 4. The zero-order valence-corrected chi connectivity index (χ0v) is 34.3. The molecule has 4 N–H and O–H groups in total. The van der Waals surface area contributed by atoms with Crippen LogP contribution < -0.4 is 10.6 Å². The first kappa shape index (κ1) is 40.2. The number of rotatable bonds is 8. The van der Waals surface area contributed by atoms with Crippen LogP contribution in [-0.2, 0) is 31.9 Å². The molecule has 14 heteroatoms. The van der Waals surface area contributed by atoms with E-state index >= 15 is 0 Å². The molecule has 0 radical (unpaired) electrons. The quantitative estimate of drug-likeness (QED) is 0.126. The number of carbonyl (C=O) groups excluding carboxylic acids is 4. The predicted molar refractivity (Wildman–Crippen MR) is 224 cm³/mol. The Bertz CT molecular complexity index is 2480. The van der Waals surface area contributed by atoms with E-state index in [0.29, 0.717) is 24.5 Å². The molecular weight excluding hydrogens is 761 g/mol. The molecule has 5 aromatic rings. The Morgan fingerprint density at radius 3 is 2.10 bits per heavy atom. The molecular formula is C46H50N8O6. The van der Waals surface area contributed by atoms with E-state index in [2.05, 4.69) is 44.6 Å². The van der Waals surface area contributed by atoms with Crippen molar-refractivity contribution in [2.24, 2.45) is 5.92 Å². The van der Waals surface area contributed by atoms with Gasteiger partial charge in [0, 0.05) is 29.8 Å². The third-order valence-corrected chi connectivity index (χ3v) is 11.8. The topological polar surface area (TPSA) is 175 Å². The Morgan fingerprint density at radius 1 is 0.750 bits per heavy atom. The number of benzene rings is 3. The predicted octanol–water partition coefficient (Wildman–Crippen LogP) is 6.65. The molecule has 2 fully saturated rings. The summed E-state index contributed by atoms with van der Waals surface area (Å²) in [7, 11) is 2.58. The first-order valence-corrected chi connectivity index (χ1v) is 20.7. The molecule has 60 heavy (non-hydrogen) atoms. The van der Waals surface area contributed by atoms with Gasteiger partial charge in [-0.15, -0.1) is 0 Å². The molecule has 310 valence electrons. The van der Waals surface area contributed by atoms with Crippen LogP contribution in [0.5, 0.6) is 0 Å². The van der Waals surface area contributed by atoms with Gasteiger partial charge in [-0.25, -0.2) is 19.6 Å². The highest BCUT2D eigenvalue weighted by molar-refractivity contribution is 5.88. The number of ether oxygens (including phenoxy) is 2. The van der Waals surface area contributed by atoms with Crippen molar-refractivity contribution in [1.29, 1.82) is 0 Å². The van der Waals surface area contributed by atoms with Crippen LogP contribution in [-0.4, -0.2) is 87.1 Å². The number of imidazole rings is 2. The first-order chi connectivity index (χ1) is 29.1. The molecule has 0 spiro atoms. The second-order valence-corrected chi connectivity index (χ2v) is 16.0. The highest BCUT2D eigenvalue weighted by Gasteiger charge is 2.39. The third kappa shape index (κ3) is 8.16. The van der Waals surface area contributed by atoms with Gasteiger partial charge in [-0.3, -0.25) is 9.59 Å². The van der Waals surface area contributed by atoms with Gasteiger partial charge in [-0.1, -0.05) is 62.1 Å². The van der Waals surface area contributed by atoms with Gasteiger partial charge in [-0.2, -0.15) is 0 Å². The lowest BCUT2D eigenvalue weighted by atomic mass is 9.99. The van der Waals surface area contributed by atoms with Gasteiger partial charge in [0.05, 0.1) is 48.7 Å². The molecule has 2 aliphatic heterocycles. The van der Waals surface area contributed by atoms with Crippen LogP contribution in [0.2, 0.25) is 0 Å². The van der Waals surface area contributed by atoms with Crippen molar-refractivity contribution in [2.45, 2.75) is 83.0 Å². The Hall–Kier alpha value is -6.62. The highest BCUT2D eigenvalue weighted by Crippen LogP contribution is 2.38. The number of aryl methyl sites for hydroxylation is 2. The molecule has 3 aromatic carbocycles. The van der Waals surface area contributed by atoms with Crippen LogP contribution in [0, 0.1) is 17.8 Å². The lowest BCUT2D eigenvalue weighted by molar-refractivity contribution is -0.135. The Balaban J connectivity index is 0.990. The molecule has 0 unspecified atom stereocenters. The summed E-state index contributed by atoms with van der Waals surface area (Å²) >= 11 is 0. The van der Waals surface area contributed by atoms with E-state index in [4.69, 9.17) is 19.4 Å². The van der Waals surface area contributed by atoms with Crippen LogP contribution in [0.3, 0.4) is 0 Å². The van der Waals surface area contributed by atoms with Crippen molar-refractivity contribution in [3.05, 3.63) is 106 Å². The van der Waals surface area contributed by atoms with Crippen molar-refractivity contribution >= 4 is 35.0 Å². The number of likely N-dealkylation sites (tertiary alicyclic amines) is 2. The van der Waals surface area contributed by atoms with Crippen molar-refractivity contribution in [3.63, 3.8) is 0 Å². The summed E-state index contributed by atoms with van der Waals surface area (Å²) in [5.41, 5.74) is 8.30. The van der Waals surface area contributed by atoms with E-state index in [9.17, 15) is 19.2 Å². The second-order valence-electron chi connectivity index (χ2n) is 16.0. The Kier molecular flexibility index (Phi) is 11.6. The summed E-state index contributed by atoms with van der Waals surface area (Å²) in [4.78, 5) is 72.7. The lowest BCUT2D eigenvalue weighted by Crippen LogP contribution is -2.51. The Labute approximate surface area is 348 Å². The number of methoxy groups -OCH3 is 2. The minimum atomic E-state index is -0.889. The number of nitrogens with one attached hydrogen (secondary N) is 4. The maximum atomic E-state index is 14.0. The van der Waals surface area contributed by atoms with Crippen molar-refractivity contribution in [1.82, 2.24) is 40.4 Å². The fourth-order valence-corrected chi connectivity index (χ4v) is 8.75. The third-order valence-electron chi connectivity index (χ3n) is 11.8. The van der Waals surface area contributed by atoms with Crippen LogP contribution >= 0.6 is 0 Å². The minimum Gasteiger partial charge on any atom is -0.453 e. The zero-order chi connectivity index (χ0) is 41.9. The fourth-order valence-electron chi connectivity index (χ4n) is 8.75. The van der Waals surface area contributed by atoms with Gasteiger partial charge in [0.1, 0.15) is 23.7 Å². The summed E-state index contributed by atoms with van der Waals surface area (Å²) < 4.78 is 9.64. The van der Waals surface area contributed by atoms with Gasteiger partial charge >= 0.3 is 12.2 Å². The molecule has 0 bridgehead atoms. The fraction of sp³-hybridized carbons (Fsp3) is 0.391. The molecule has 1 aliphatic carbocycles. The number of hydrogen-bond acceptors (Lipinski definition) is 8. The average Bonchev–Trinajstić information content (AvgIpc) is 4.09. The second kappa shape index (κ2) is 17.3. The van der Waals surface area contributed by atoms with E-state index in [1.807, 2.05) is 73.3 Å². The summed E-state index contributed by atoms with van der Waals surface area (Å²) in [5.74, 6) is 7.72. The van der Waals surface area contributed by atoms with Crippen molar-refractivity contribution in [2.75, 3.05) is 27.3 Å². The molecule has 4 amide bonds. The first-order valence-electron chi connectivity index (χ1n) is 20.7. The minimum absolute atomic E-state index is 0.109. The summed E-state index contributed by atoms with van der Waals surface area (Å²) in [6.45, 7) is 4.97. The van der Waals surface area contributed by atoms with E-state index in [1.165, 1.54) is 19.8 Å². The van der Waals surface area contributed by atoms with E-state index in [1.54, 1.807) is 4.90 Å². The van der Waals surface area contributed by atoms with Crippen molar-refractivity contribution < 1.29 is 28.7 Å². The summed E-state index contributed by atoms with van der Waals surface area (Å²) in [6, 6.07) is 19.3. The number of amides is 4. The van der Waals surface area contributed by atoms with Gasteiger partial charge in [-0.05, 0) is 92.3 Å². The van der Waals surface area contributed by atoms with Gasteiger partial charge in [0.2, 0.25) is 5.91 Å². The van der Waals surface area contributed by atoms with Gasteiger partial charge in [0.15, 0.2) is 0 Å². The number of hydrogen-bond donors (Lipinski definition) is 4. The smallest absolute Gasteiger partial charge is 0.407 e. The zero-order valence-electron chi connectivity index (χ0n) is 34.3. The lowest BCUT2D eigenvalue weighted by Gasteiger charge is -2.30. The molecule has 2 saturated heterocycles. The van der Waals surface area contributed by atoms with E-state index < -0.39 is 24.3 Å². The van der Waals surface area contributed by atoms with Gasteiger partial charge in [0.25, 0.3) is 5.91 Å².